The molecule has 1 aliphatic rings. The van der Waals surface area contributed by atoms with Gasteiger partial charge in [-0.15, -0.1) is 0 Å². The summed E-state index contributed by atoms with van der Waals surface area (Å²) in [6.45, 7) is 7.97. The number of halogens is 2. The summed E-state index contributed by atoms with van der Waals surface area (Å²) >= 11 is 6.70. The van der Waals surface area contributed by atoms with E-state index in [4.69, 9.17) is 11.6 Å². The largest absolute Gasteiger partial charge is 0.368 e. The normalized spacial score (nSPS) is 19.3. The average molecular weight is 440 g/mol. The van der Waals surface area contributed by atoms with Crippen LogP contribution in [0.1, 0.15) is 19.5 Å². The molecular weight excluding hydrogens is 417 g/mol. The summed E-state index contributed by atoms with van der Waals surface area (Å²) in [5.41, 5.74) is 3.35. The summed E-state index contributed by atoms with van der Waals surface area (Å²) < 4.78 is 16.1. The van der Waals surface area contributed by atoms with E-state index in [1.807, 2.05) is 19.1 Å². The second-order valence-electron chi connectivity index (χ2n) is 8.23. The van der Waals surface area contributed by atoms with Gasteiger partial charge in [0, 0.05) is 49.3 Å². The number of hydrogen-bond donors (Lipinski definition) is 2. The number of pyridine rings is 1. The molecule has 0 unspecified atom stereocenters. The van der Waals surface area contributed by atoms with Crippen molar-refractivity contribution in [1.29, 1.82) is 0 Å². The number of piperazine rings is 1. The van der Waals surface area contributed by atoms with Crippen molar-refractivity contribution in [3.63, 3.8) is 0 Å². The van der Waals surface area contributed by atoms with Crippen LogP contribution in [-0.2, 0) is 0 Å². The predicted octanol–water partition coefficient (Wildman–Crippen LogP) is 4.31. The smallest absolute Gasteiger partial charge is 0.173 e. The minimum absolute atomic E-state index is 0.290. The quantitative estimate of drug-likeness (QED) is 0.495. The first kappa shape index (κ1) is 20.0. The Hall–Kier alpha value is -2.97. The summed E-state index contributed by atoms with van der Waals surface area (Å²) in [6, 6.07) is 6.16. The molecule has 5 rings (SSSR count). The number of imidazole rings is 1. The molecule has 0 spiro atoms. The third-order valence-electron chi connectivity index (χ3n) is 5.49. The lowest BCUT2D eigenvalue weighted by atomic mass is 10.1. The van der Waals surface area contributed by atoms with Crippen molar-refractivity contribution in [3.05, 3.63) is 53.5 Å². The van der Waals surface area contributed by atoms with Crippen molar-refractivity contribution in [2.24, 2.45) is 0 Å². The molecule has 1 fully saturated rings. The Balaban J connectivity index is 1.53. The van der Waals surface area contributed by atoms with Crippen molar-refractivity contribution in [2.45, 2.75) is 32.9 Å². The zero-order valence-electron chi connectivity index (χ0n) is 17.5. The predicted molar refractivity (Wildman–Crippen MR) is 122 cm³/mol. The third-order valence-corrected chi connectivity index (χ3v) is 5.78. The van der Waals surface area contributed by atoms with Gasteiger partial charge >= 0.3 is 0 Å². The minimum Gasteiger partial charge on any atom is -0.368 e. The van der Waals surface area contributed by atoms with Crippen LogP contribution in [0.3, 0.4) is 0 Å². The number of hydrogen-bond acceptors (Lipinski definition) is 6. The van der Waals surface area contributed by atoms with Crippen LogP contribution in [0.15, 0.2) is 36.9 Å². The topological polar surface area (TPSA) is 70.4 Å². The molecule has 0 aliphatic carbocycles. The van der Waals surface area contributed by atoms with Gasteiger partial charge < -0.3 is 19.9 Å². The van der Waals surface area contributed by atoms with Crippen molar-refractivity contribution < 1.29 is 4.39 Å². The maximum Gasteiger partial charge on any atom is 0.173 e. The van der Waals surface area contributed by atoms with Gasteiger partial charge in [-0.1, -0.05) is 11.6 Å². The minimum atomic E-state index is -0.410. The Morgan fingerprint density at radius 1 is 1.13 bits per heavy atom. The van der Waals surface area contributed by atoms with E-state index in [1.54, 1.807) is 16.8 Å². The zero-order chi connectivity index (χ0) is 21.7. The molecule has 7 nitrogen and oxygen atoms in total. The van der Waals surface area contributed by atoms with Gasteiger partial charge in [-0.25, -0.2) is 19.3 Å². The standard InChI is InChI=1S/C22H23ClFN7/c1-12-7-30(8-13(2)27-12)16-5-17(23)20-19(6-16)25-11-26-21(20)29-15-4-18(24)22-28-14(3)9-31(22)10-15/h4-6,9-13,27H,7-8H2,1-3H3,(H,25,26,29)/t12-,13+. The molecule has 9 heteroatoms. The first-order valence-electron chi connectivity index (χ1n) is 10.2. The van der Waals surface area contributed by atoms with Gasteiger partial charge in [0.05, 0.1) is 27.3 Å². The molecular formula is C22H23ClFN7. The summed E-state index contributed by atoms with van der Waals surface area (Å²) in [7, 11) is 0. The SMILES string of the molecule is Cc1cn2cc(Nc3ncnc4cc(N5C[C@@H](C)N[C@@H](C)C5)cc(Cl)c34)cc(F)c2n1. The second-order valence-corrected chi connectivity index (χ2v) is 8.64. The summed E-state index contributed by atoms with van der Waals surface area (Å²) in [5, 5.41) is 7.98. The van der Waals surface area contributed by atoms with Crippen molar-refractivity contribution in [1.82, 2.24) is 24.7 Å². The molecule has 1 saturated heterocycles. The van der Waals surface area contributed by atoms with Crippen LogP contribution in [0.4, 0.5) is 21.6 Å². The Labute approximate surface area is 184 Å². The molecule has 4 aromatic rings. The van der Waals surface area contributed by atoms with E-state index in [2.05, 4.69) is 44.3 Å². The van der Waals surface area contributed by atoms with E-state index in [1.165, 1.54) is 12.4 Å². The molecule has 0 bridgehead atoms. The van der Waals surface area contributed by atoms with E-state index < -0.39 is 5.82 Å². The van der Waals surface area contributed by atoms with E-state index in [0.29, 0.717) is 34.0 Å². The van der Waals surface area contributed by atoms with Gasteiger partial charge in [0.25, 0.3) is 0 Å². The molecule has 1 aromatic carbocycles. The fourth-order valence-corrected chi connectivity index (χ4v) is 4.63. The second kappa shape index (κ2) is 7.62. The van der Waals surface area contributed by atoms with Crippen LogP contribution < -0.4 is 15.5 Å². The Bertz CT molecular complexity index is 1280. The van der Waals surface area contributed by atoms with Gasteiger partial charge in [0.15, 0.2) is 11.5 Å². The third kappa shape index (κ3) is 3.77. The van der Waals surface area contributed by atoms with Gasteiger partial charge in [0.2, 0.25) is 0 Å². The van der Waals surface area contributed by atoms with E-state index >= 15 is 0 Å². The zero-order valence-corrected chi connectivity index (χ0v) is 18.3. The van der Waals surface area contributed by atoms with Gasteiger partial charge in [0.1, 0.15) is 12.1 Å². The van der Waals surface area contributed by atoms with E-state index in [-0.39, 0.29) is 5.65 Å². The Morgan fingerprint density at radius 3 is 2.68 bits per heavy atom. The van der Waals surface area contributed by atoms with Crippen LogP contribution in [0, 0.1) is 12.7 Å². The molecule has 4 heterocycles. The number of aryl methyl sites for hydroxylation is 1. The fourth-order valence-electron chi connectivity index (χ4n) is 4.33. The van der Waals surface area contributed by atoms with Crippen molar-refractivity contribution >= 4 is 45.3 Å². The lowest BCUT2D eigenvalue weighted by Crippen LogP contribution is -2.54. The molecule has 1 aliphatic heterocycles. The fraction of sp³-hybridized carbons (Fsp3) is 0.318. The van der Waals surface area contributed by atoms with Crippen molar-refractivity contribution in [2.75, 3.05) is 23.3 Å². The lowest BCUT2D eigenvalue weighted by molar-refractivity contribution is 0.407. The first-order valence-corrected chi connectivity index (χ1v) is 10.6. The van der Waals surface area contributed by atoms with Crippen LogP contribution in [0.5, 0.6) is 0 Å². The molecule has 3 aromatic heterocycles. The Kier molecular flexibility index (Phi) is 4.91. The van der Waals surface area contributed by atoms with Gasteiger partial charge in [-0.3, -0.25) is 0 Å². The number of rotatable bonds is 3. The molecule has 2 N–H and O–H groups in total. The van der Waals surface area contributed by atoms with Gasteiger partial charge in [-0.2, -0.15) is 0 Å². The summed E-state index contributed by atoms with van der Waals surface area (Å²) in [4.78, 5) is 15.3. The average Bonchev–Trinajstić information content (AvgIpc) is 3.08. The maximum atomic E-state index is 14.5. The number of benzene rings is 1. The molecule has 0 radical (unpaired) electrons. The highest BCUT2D eigenvalue weighted by Gasteiger charge is 2.22. The molecule has 2 atom stereocenters. The van der Waals surface area contributed by atoms with Crippen molar-refractivity contribution in [3.8, 4) is 0 Å². The van der Waals surface area contributed by atoms with Crippen LogP contribution >= 0.6 is 11.6 Å². The highest BCUT2D eigenvalue weighted by atomic mass is 35.5. The van der Waals surface area contributed by atoms with Gasteiger partial charge in [-0.05, 0) is 32.9 Å². The highest BCUT2D eigenvalue weighted by Crippen LogP contribution is 2.34. The number of nitrogens with zero attached hydrogens (tertiary/aromatic N) is 5. The Morgan fingerprint density at radius 2 is 1.90 bits per heavy atom. The number of aromatic nitrogens is 4. The molecule has 0 saturated carbocycles. The highest BCUT2D eigenvalue weighted by molar-refractivity contribution is 6.36. The summed E-state index contributed by atoms with van der Waals surface area (Å²) in [5.74, 6) is 0.117. The monoisotopic (exact) mass is 439 g/mol. The summed E-state index contributed by atoms with van der Waals surface area (Å²) in [6.07, 6.45) is 5.04. The first-order chi connectivity index (χ1) is 14.9. The number of fused-ring (bicyclic) bond motifs is 2. The lowest BCUT2D eigenvalue weighted by Gasteiger charge is -2.37. The van der Waals surface area contributed by atoms with E-state index in [9.17, 15) is 4.39 Å². The van der Waals surface area contributed by atoms with Crippen LogP contribution in [0.2, 0.25) is 5.02 Å². The molecule has 160 valence electrons. The van der Waals surface area contributed by atoms with Crippen LogP contribution in [0.25, 0.3) is 16.6 Å². The van der Waals surface area contributed by atoms with E-state index in [0.717, 1.165) is 30.0 Å². The van der Waals surface area contributed by atoms with Crippen LogP contribution in [-0.4, -0.2) is 44.5 Å². The maximum absolute atomic E-state index is 14.5. The number of nitrogens with one attached hydrogen (secondary N) is 2. The molecule has 0 amide bonds. The number of anilines is 3. The molecule has 31 heavy (non-hydrogen) atoms.